The Morgan fingerprint density at radius 3 is 2.29 bits per heavy atom. The smallest absolute Gasteiger partial charge is 0.240 e. The highest BCUT2D eigenvalue weighted by atomic mass is 32.2. The Morgan fingerprint density at radius 1 is 1.29 bits per heavy atom. The molecule has 5 nitrogen and oxygen atoms in total. The molecular formula is C11H19N3O2S. The molecule has 17 heavy (non-hydrogen) atoms. The number of nitrogens with one attached hydrogen (secondary N) is 1. The van der Waals surface area contributed by atoms with Gasteiger partial charge in [-0.05, 0) is 45.3 Å². The summed E-state index contributed by atoms with van der Waals surface area (Å²) in [5.74, 6) is 0. The summed E-state index contributed by atoms with van der Waals surface area (Å²) in [5, 5.41) is 0. The SMILES string of the molecule is CC(CNS(=O)(=O)c1ccc(N)cc1)N(C)C. The normalized spacial score (nSPS) is 13.9. The molecule has 0 aliphatic heterocycles. The predicted molar refractivity (Wildman–Crippen MR) is 69.2 cm³/mol. The van der Waals surface area contributed by atoms with Gasteiger partial charge in [-0.3, -0.25) is 0 Å². The van der Waals surface area contributed by atoms with E-state index in [0.717, 1.165) is 0 Å². The second-order valence-electron chi connectivity index (χ2n) is 4.23. The molecule has 1 aromatic rings. The number of benzene rings is 1. The summed E-state index contributed by atoms with van der Waals surface area (Å²) in [6.45, 7) is 2.32. The lowest BCUT2D eigenvalue weighted by atomic mass is 10.3. The molecule has 3 N–H and O–H groups in total. The lowest BCUT2D eigenvalue weighted by Gasteiger charge is -2.19. The van der Waals surface area contributed by atoms with Crippen molar-refractivity contribution in [1.29, 1.82) is 0 Å². The van der Waals surface area contributed by atoms with Gasteiger partial charge in [-0.15, -0.1) is 0 Å². The molecule has 0 spiro atoms. The molecule has 96 valence electrons. The van der Waals surface area contributed by atoms with E-state index in [2.05, 4.69) is 4.72 Å². The highest BCUT2D eigenvalue weighted by Crippen LogP contribution is 2.11. The Balaban J connectivity index is 2.72. The van der Waals surface area contributed by atoms with Gasteiger partial charge >= 0.3 is 0 Å². The maximum Gasteiger partial charge on any atom is 0.240 e. The summed E-state index contributed by atoms with van der Waals surface area (Å²) in [6, 6.07) is 6.28. The molecule has 0 aromatic heterocycles. The lowest BCUT2D eigenvalue weighted by Crippen LogP contribution is -2.38. The molecule has 0 saturated carbocycles. The minimum Gasteiger partial charge on any atom is -0.399 e. The number of hydrogen-bond donors (Lipinski definition) is 2. The van der Waals surface area contributed by atoms with Gasteiger partial charge in [0.15, 0.2) is 0 Å². The predicted octanol–water partition coefficient (Wildman–Crippen LogP) is 0.497. The number of likely N-dealkylation sites (N-methyl/N-ethyl adjacent to an activating group) is 1. The van der Waals surface area contributed by atoms with Crippen LogP contribution in [0.3, 0.4) is 0 Å². The Kier molecular flexibility index (Phi) is 4.50. The van der Waals surface area contributed by atoms with Crippen LogP contribution in [0.4, 0.5) is 5.69 Å². The minimum atomic E-state index is -3.44. The van der Waals surface area contributed by atoms with Crippen LogP contribution in [0.15, 0.2) is 29.2 Å². The van der Waals surface area contributed by atoms with Crippen LogP contribution in [0.2, 0.25) is 0 Å². The monoisotopic (exact) mass is 257 g/mol. The lowest BCUT2D eigenvalue weighted by molar-refractivity contribution is 0.314. The van der Waals surface area contributed by atoms with Crippen molar-refractivity contribution >= 4 is 15.7 Å². The average molecular weight is 257 g/mol. The highest BCUT2D eigenvalue weighted by molar-refractivity contribution is 7.89. The summed E-state index contributed by atoms with van der Waals surface area (Å²) in [4.78, 5) is 2.18. The third-order valence-electron chi connectivity index (χ3n) is 2.64. The molecule has 1 rings (SSSR count). The quantitative estimate of drug-likeness (QED) is 0.753. The van der Waals surface area contributed by atoms with E-state index in [-0.39, 0.29) is 10.9 Å². The van der Waals surface area contributed by atoms with Gasteiger partial charge in [-0.25, -0.2) is 13.1 Å². The number of nitrogens with zero attached hydrogens (tertiary/aromatic N) is 1. The minimum absolute atomic E-state index is 0.138. The van der Waals surface area contributed by atoms with Crippen LogP contribution in [0.25, 0.3) is 0 Å². The van der Waals surface area contributed by atoms with E-state index in [0.29, 0.717) is 12.2 Å². The first-order valence-corrected chi connectivity index (χ1v) is 6.83. The number of rotatable bonds is 5. The van der Waals surface area contributed by atoms with Crippen LogP contribution in [-0.4, -0.2) is 40.0 Å². The van der Waals surface area contributed by atoms with Gasteiger partial charge in [0, 0.05) is 18.3 Å². The molecule has 1 atom stereocenters. The van der Waals surface area contributed by atoms with Crippen molar-refractivity contribution in [3.8, 4) is 0 Å². The molecule has 1 unspecified atom stereocenters. The molecule has 0 bridgehead atoms. The summed E-state index contributed by atoms with van der Waals surface area (Å²) in [5.41, 5.74) is 6.06. The topological polar surface area (TPSA) is 75.4 Å². The fraction of sp³-hybridized carbons (Fsp3) is 0.455. The van der Waals surface area contributed by atoms with Crippen LogP contribution >= 0.6 is 0 Å². The summed E-state index contributed by atoms with van der Waals surface area (Å²) < 4.78 is 26.4. The van der Waals surface area contributed by atoms with Gasteiger partial charge in [-0.2, -0.15) is 0 Å². The summed E-state index contributed by atoms with van der Waals surface area (Å²) in [6.07, 6.45) is 0. The van der Waals surface area contributed by atoms with Gasteiger partial charge in [0.2, 0.25) is 10.0 Å². The molecule has 6 heteroatoms. The fourth-order valence-corrected chi connectivity index (χ4v) is 2.26. The van der Waals surface area contributed by atoms with E-state index in [4.69, 9.17) is 5.73 Å². The molecule has 0 amide bonds. The van der Waals surface area contributed by atoms with Crippen molar-refractivity contribution in [2.45, 2.75) is 17.9 Å². The second kappa shape index (κ2) is 5.48. The molecule has 0 fully saturated rings. The Labute approximate surface area is 103 Å². The van der Waals surface area contributed by atoms with E-state index < -0.39 is 10.0 Å². The van der Waals surface area contributed by atoms with Gasteiger partial charge in [0.1, 0.15) is 0 Å². The first-order chi connectivity index (χ1) is 7.83. The molecule has 1 aromatic carbocycles. The van der Waals surface area contributed by atoms with Crippen LogP contribution in [0, 0.1) is 0 Å². The molecule has 0 radical (unpaired) electrons. The third kappa shape index (κ3) is 3.99. The zero-order valence-corrected chi connectivity index (χ0v) is 11.2. The van der Waals surface area contributed by atoms with Gasteiger partial charge < -0.3 is 10.6 Å². The number of nitrogens with two attached hydrogens (primary N) is 1. The van der Waals surface area contributed by atoms with Crippen molar-refractivity contribution in [2.75, 3.05) is 26.4 Å². The number of hydrogen-bond acceptors (Lipinski definition) is 4. The maximum atomic E-state index is 11.9. The molecular weight excluding hydrogens is 238 g/mol. The summed E-state index contributed by atoms with van der Waals surface area (Å²) in [7, 11) is 0.372. The van der Waals surface area contributed by atoms with E-state index in [1.807, 2.05) is 25.9 Å². The molecule has 0 heterocycles. The Morgan fingerprint density at radius 2 is 1.82 bits per heavy atom. The zero-order valence-electron chi connectivity index (χ0n) is 10.3. The molecule has 0 aliphatic carbocycles. The fourth-order valence-electron chi connectivity index (χ4n) is 1.14. The van der Waals surface area contributed by atoms with Crippen molar-refractivity contribution in [3.05, 3.63) is 24.3 Å². The van der Waals surface area contributed by atoms with Crippen molar-refractivity contribution in [2.24, 2.45) is 0 Å². The van der Waals surface area contributed by atoms with Gasteiger partial charge in [0.05, 0.1) is 4.90 Å². The van der Waals surface area contributed by atoms with E-state index >= 15 is 0 Å². The van der Waals surface area contributed by atoms with Crippen LogP contribution in [0.5, 0.6) is 0 Å². The largest absolute Gasteiger partial charge is 0.399 e. The zero-order chi connectivity index (χ0) is 13.1. The average Bonchev–Trinajstić information content (AvgIpc) is 2.26. The van der Waals surface area contributed by atoms with Crippen LogP contribution in [0.1, 0.15) is 6.92 Å². The van der Waals surface area contributed by atoms with Crippen molar-refractivity contribution in [1.82, 2.24) is 9.62 Å². The van der Waals surface area contributed by atoms with Gasteiger partial charge in [-0.1, -0.05) is 0 Å². The standard InChI is InChI=1S/C11H19N3O2S/c1-9(14(2)3)8-13-17(15,16)11-6-4-10(12)5-7-11/h4-7,9,13H,8,12H2,1-3H3. The Hall–Kier alpha value is -1.11. The summed E-state index contributed by atoms with van der Waals surface area (Å²) >= 11 is 0. The van der Waals surface area contributed by atoms with Gasteiger partial charge in [0.25, 0.3) is 0 Å². The van der Waals surface area contributed by atoms with Crippen molar-refractivity contribution < 1.29 is 8.42 Å². The van der Waals surface area contributed by atoms with E-state index in [9.17, 15) is 8.42 Å². The number of anilines is 1. The van der Waals surface area contributed by atoms with Crippen molar-refractivity contribution in [3.63, 3.8) is 0 Å². The van der Waals surface area contributed by atoms with E-state index in [1.54, 1.807) is 12.1 Å². The molecule has 0 saturated heterocycles. The first kappa shape index (κ1) is 14.0. The van der Waals surface area contributed by atoms with E-state index in [1.165, 1.54) is 12.1 Å². The number of sulfonamides is 1. The highest BCUT2D eigenvalue weighted by Gasteiger charge is 2.15. The van der Waals surface area contributed by atoms with Crippen LogP contribution < -0.4 is 10.5 Å². The Bertz CT molecular complexity index is 454. The van der Waals surface area contributed by atoms with Crippen LogP contribution in [-0.2, 0) is 10.0 Å². The third-order valence-corrected chi connectivity index (χ3v) is 4.08. The molecule has 0 aliphatic rings. The first-order valence-electron chi connectivity index (χ1n) is 5.34. The maximum absolute atomic E-state index is 11.9. The second-order valence-corrected chi connectivity index (χ2v) is 6.00. The number of nitrogen functional groups attached to an aromatic ring is 1.